The second kappa shape index (κ2) is 7.45. The monoisotopic (exact) mass is 307 g/mol. The highest BCUT2D eigenvalue weighted by molar-refractivity contribution is 5.91. The van der Waals surface area contributed by atoms with Gasteiger partial charge in [-0.05, 0) is 32.4 Å². The molecular weight excluding hydrogens is 282 g/mol. The van der Waals surface area contributed by atoms with E-state index in [1.807, 2.05) is 20.8 Å². The summed E-state index contributed by atoms with van der Waals surface area (Å²) in [5.41, 5.74) is 0. The van der Waals surface area contributed by atoms with E-state index in [-0.39, 0.29) is 17.9 Å². The number of hydrogen-bond donors (Lipinski definition) is 1. The Labute approximate surface area is 131 Å². The van der Waals surface area contributed by atoms with Crippen molar-refractivity contribution in [3.63, 3.8) is 0 Å². The zero-order valence-corrected chi connectivity index (χ0v) is 13.6. The van der Waals surface area contributed by atoms with E-state index in [4.69, 9.17) is 4.42 Å². The number of carbonyl (C=O) groups excluding carboxylic acids is 2. The minimum absolute atomic E-state index is 0.0586. The number of hydrogen-bond acceptors (Lipinski definition) is 4. The fourth-order valence-corrected chi connectivity index (χ4v) is 2.58. The lowest BCUT2D eigenvalue weighted by Gasteiger charge is -2.37. The lowest BCUT2D eigenvalue weighted by Crippen LogP contribution is -2.55. The molecule has 6 nitrogen and oxygen atoms in total. The van der Waals surface area contributed by atoms with E-state index >= 15 is 0 Å². The smallest absolute Gasteiger partial charge is 0.289 e. The van der Waals surface area contributed by atoms with Crippen LogP contribution in [-0.4, -0.2) is 60.4 Å². The van der Waals surface area contributed by atoms with Gasteiger partial charge in [0.1, 0.15) is 5.76 Å². The van der Waals surface area contributed by atoms with Gasteiger partial charge >= 0.3 is 0 Å². The molecule has 1 aromatic heterocycles. The van der Waals surface area contributed by atoms with Gasteiger partial charge in [-0.1, -0.05) is 6.92 Å². The van der Waals surface area contributed by atoms with Crippen LogP contribution in [-0.2, 0) is 4.79 Å². The van der Waals surface area contributed by atoms with Gasteiger partial charge in [0, 0.05) is 32.7 Å². The number of furan rings is 1. The minimum atomic E-state index is -0.158. The fraction of sp³-hybridized carbons (Fsp3) is 0.625. The van der Waals surface area contributed by atoms with Gasteiger partial charge in [0.15, 0.2) is 5.76 Å². The first-order valence-electron chi connectivity index (χ1n) is 7.90. The summed E-state index contributed by atoms with van der Waals surface area (Å²) < 4.78 is 5.39. The summed E-state index contributed by atoms with van der Waals surface area (Å²) in [6, 6.07) is 3.35. The van der Waals surface area contributed by atoms with Crippen molar-refractivity contribution in [3.8, 4) is 0 Å². The topological polar surface area (TPSA) is 65.8 Å². The van der Waals surface area contributed by atoms with Gasteiger partial charge < -0.3 is 14.6 Å². The molecule has 1 N–H and O–H groups in total. The third-order valence-corrected chi connectivity index (χ3v) is 4.03. The number of nitrogens with zero attached hydrogens (tertiary/aromatic N) is 2. The highest BCUT2D eigenvalue weighted by Gasteiger charge is 2.28. The molecular formula is C16H25N3O3. The summed E-state index contributed by atoms with van der Waals surface area (Å²) in [6.07, 6.45) is 0.934. The maximum Gasteiger partial charge on any atom is 0.289 e. The maximum absolute atomic E-state index is 12.3. The maximum atomic E-state index is 12.3. The van der Waals surface area contributed by atoms with Crippen LogP contribution in [0.1, 0.15) is 36.6 Å². The highest BCUT2D eigenvalue weighted by Crippen LogP contribution is 2.13. The zero-order valence-electron chi connectivity index (χ0n) is 13.6. The van der Waals surface area contributed by atoms with Crippen LogP contribution in [0.5, 0.6) is 0 Å². The van der Waals surface area contributed by atoms with Crippen LogP contribution in [0.15, 0.2) is 16.5 Å². The average molecular weight is 307 g/mol. The Balaban J connectivity index is 1.85. The molecule has 1 unspecified atom stereocenters. The number of carbonyl (C=O) groups is 2. The molecule has 1 fully saturated rings. The Morgan fingerprint density at radius 1 is 1.27 bits per heavy atom. The summed E-state index contributed by atoms with van der Waals surface area (Å²) in [4.78, 5) is 28.2. The lowest BCUT2D eigenvalue weighted by molar-refractivity contribution is -0.126. The third kappa shape index (κ3) is 3.88. The molecule has 0 saturated carbocycles. The van der Waals surface area contributed by atoms with Gasteiger partial charge in [-0.2, -0.15) is 0 Å². The average Bonchev–Trinajstić information content (AvgIpc) is 2.97. The molecule has 1 aliphatic heterocycles. The predicted octanol–water partition coefficient (Wildman–Crippen LogP) is 1.26. The van der Waals surface area contributed by atoms with Gasteiger partial charge in [0.25, 0.3) is 5.91 Å². The van der Waals surface area contributed by atoms with Crippen molar-refractivity contribution in [3.05, 3.63) is 23.7 Å². The molecule has 0 aromatic carbocycles. The molecule has 22 heavy (non-hydrogen) atoms. The van der Waals surface area contributed by atoms with Crippen molar-refractivity contribution < 1.29 is 14.0 Å². The minimum Gasteiger partial charge on any atom is -0.456 e. The highest BCUT2D eigenvalue weighted by atomic mass is 16.3. The van der Waals surface area contributed by atoms with E-state index in [2.05, 4.69) is 10.2 Å². The molecule has 0 spiro atoms. The third-order valence-electron chi connectivity index (χ3n) is 4.03. The quantitative estimate of drug-likeness (QED) is 0.889. The molecule has 1 saturated heterocycles. The second-order valence-corrected chi connectivity index (χ2v) is 5.71. The Morgan fingerprint density at radius 3 is 2.50 bits per heavy atom. The molecule has 0 radical (unpaired) electrons. The molecule has 122 valence electrons. The summed E-state index contributed by atoms with van der Waals surface area (Å²) in [6.45, 7) is 9.11. The van der Waals surface area contributed by atoms with E-state index in [9.17, 15) is 9.59 Å². The first-order chi connectivity index (χ1) is 10.5. The van der Waals surface area contributed by atoms with E-state index in [0.29, 0.717) is 38.5 Å². The summed E-state index contributed by atoms with van der Waals surface area (Å²) in [5, 5.41) is 2.92. The number of amides is 2. The van der Waals surface area contributed by atoms with Gasteiger partial charge in [-0.25, -0.2) is 0 Å². The van der Waals surface area contributed by atoms with Gasteiger partial charge in [0.05, 0.1) is 6.04 Å². The van der Waals surface area contributed by atoms with E-state index in [1.165, 1.54) is 0 Å². The predicted molar refractivity (Wildman–Crippen MR) is 83.7 cm³/mol. The lowest BCUT2D eigenvalue weighted by atomic mass is 10.2. The molecule has 6 heteroatoms. The van der Waals surface area contributed by atoms with Crippen molar-refractivity contribution in [1.29, 1.82) is 0 Å². The first-order valence-corrected chi connectivity index (χ1v) is 7.90. The van der Waals surface area contributed by atoms with Gasteiger partial charge in [-0.3, -0.25) is 14.5 Å². The molecule has 0 aliphatic carbocycles. The largest absolute Gasteiger partial charge is 0.456 e. The molecule has 1 aliphatic rings. The zero-order chi connectivity index (χ0) is 16.1. The van der Waals surface area contributed by atoms with Crippen LogP contribution in [0.25, 0.3) is 0 Å². The summed E-state index contributed by atoms with van der Waals surface area (Å²) >= 11 is 0. The van der Waals surface area contributed by atoms with Crippen molar-refractivity contribution in [2.24, 2.45) is 0 Å². The van der Waals surface area contributed by atoms with Gasteiger partial charge in [0.2, 0.25) is 5.91 Å². The molecule has 2 heterocycles. The van der Waals surface area contributed by atoms with Crippen molar-refractivity contribution in [1.82, 2.24) is 15.1 Å². The van der Waals surface area contributed by atoms with Crippen LogP contribution < -0.4 is 5.32 Å². The Bertz CT molecular complexity index is 518. The SMILES string of the molecule is CCCNC(=O)C(C)N1CCN(C(=O)c2ccc(C)o2)CC1. The van der Waals surface area contributed by atoms with E-state index in [0.717, 1.165) is 12.2 Å². The molecule has 2 rings (SSSR count). The molecule has 1 aromatic rings. The van der Waals surface area contributed by atoms with E-state index < -0.39 is 0 Å². The van der Waals surface area contributed by atoms with E-state index in [1.54, 1.807) is 17.0 Å². The Hall–Kier alpha value is -1.82. The van der Waals surface area contributed by atoms with Crippen molar-refractivity contribution in [2.75, 3.05) is 32.7 Å². The first kappa shape index (κ1) is 16.5. The summed E-state index contributed by atoms with van der Waals surface area (Å²) in [7, 11) is 0. The Morgan fingerprint density at radius 2 is 1.95 bits per heavy atom. The van der Waals surface area contributed by atoms with Crippen LogP contribution in [0, 0.1) is 6.92 Å². The van der Waals surface area contributed by atoms with Crippen molar-refractivity contribution >= 4 is 11.8 Å². The number of rotatable bonds is 5. The van der Waals surface area contributed by atoms with Crippen LogP contribution in [0.2, 0.25) is 0 Å². The van der Waals surface area contributed by atoms with Crippen LogP contribution >= 0.6 is 0 Å². The second-order valence-electron chi connectivity index (χ2n) is 5.71. The molecule has 0 bridgehead atoms. The normalized spacial score (nSPS) is 17.3. The molecule has 1 atom stereocenters. The van der Waals surface area contributed by atoms with Gasteiger partial charge in [-0.15, -0.1) is 0 Å². The van der Waals surface area contributed by atoms with Crippen molar-refractivity contribution in [2.45, 2.75) is 33.2 Å². The standard InChI is InChI=1S/C16H25N3O3/c1-4-7-17-15(20)13(3)18-8-10-19(11-9-18)16(21)14-6-5-12(2)22-14/h5-6,13H,4,7-11H2,1-3H3,(H,17,20). The Kier molecular flexibility index (Phi) is 5.60. The van der Waals surface area contributed by atoms with Crippen LogP contribution in [0.4, 0.5) is 0 Å². The summed E-state index contributed by atoms with van der Waals surface area (Å²) in [5.74, 6) is 1.11. The number of nitrogens with one attached hydrogen (secondary N) is 1. The van der Waals surface area contributed by atoms with Crippen LogP contribution in [0.3, 0.4) is 0 Å². The number of aryl methyl sites for hydroxylation is 1. The fourth-order valence-electron chi connectivity index (χ4n) is 2.58. The number of piperazine rings is 1. The molecule has 2 amide bonds.